The second-order valence-electron chi connectivity index (χ2n) is 8.32. The molecule has 0 bridgehead atoms. The zero-order chi connectivity index (χ0) is 19.2. The summed E-state index contributed by atoms with van der Waals surface area (Å²) in [4.78, 5) is 25.5. The van der Waals surface area contributed by atoms with E-state index in [0.29, 0.717) is 24.3 Å². The second kappa shape index (κ2) is 6.42. The fourth-order valence-corrected chi connectivity index (χ4v) is 2.95. The lowest BCUT2D eigenvalue weighted by molar-refractivity contribution is -0.692. The van der Waals surface area contributed by atoms with Crippen LogP contribution in [0.2, 0.25) is 0 Å². The van der Waals surface area contributed by atoms with E-state index in [2.05, 4.69) is 10.4 Å². The van der Waals surface area contributed by atoms with E-state index >= 15 is 0 Å². The molecule has 0 saturated heterocycles. The Bertz CT molecular complexity index is 902. The number of nitrogens with zero attached hydrogens (tertiary/aromatic N) is 2. The Morgan fingerprint density at radius 2 is 2.15 bits per heavy atom. The summed E-state index contributed by atoms with van der Waals surface area (Å²) in [5.41, 5.74) is 6.29. The SMILES string of the molecule is CCC(N)c1cc2n([nH]1)c(=O)c(C(=O)NC1CC1)c(O)[n+]2CC(C)(C)C. The third-order valence-electron chi connectivity index (χ3n) is 4.54. The number of aromatic hydroxyl groups is 1. The van der Waals surface area contributed by atoms with Crippen molar-refractivity contribution < 1.29 is 14.5 Å². The van der Waals surface area contributed by atoms with E-state index in [1.807, 2.05) is 27.7 Å². The van der Waals surface area contributed by atoms with Gasteiger partial charge in [0, 0.05) is 12.1 Å². The molecule has 1 unspecified atom stereocenters. The van der Waals surface area contributed by atoms with Crippen LogP contribution >= 0.6 is 0 Å². The molecular weight excluding hydrogens is 334 g/mol. The summed E-state index contributed by atoms with van der Waals surface area (Å²) in [6.45, 7) is 8.46. The van der Waals surface area contributed by atoms with E-state index in [0.717, 1.165) is 12.8 Å². The lowest BCUT2D eigenvalue weighted by atomic mass is 9.96. The highest BCUT2D eigenvalue weighted by molar-refractivity contribution is 5.96. The van der Waals surface area contributed by atoms with Gasteiger partial charge in [-0.2, -0.15) is 4.57 Å². The van der Waals surface area contributed by atoms with E-state index in [1.54, 1.807) is 10.6 Å². The van der Waals surface area contributed by atoms with E-state index in [-0.39, 0.29) is 28.9 Å². The lowest BCUT2D eigenvalue weighted by Gasteiger charge is -2.17. The molecule has 1 aliphatic carbocycles. The number of fused-ring (bicyclic) bond motifs is 1. The number of aromatic nitrogens is 3. The molecule has 26 heavy (non-hydrogen) atoms. The monoisotopic (exact) mass is 362 g/mol. The Hall–Kier alpha value is -2.35. The van der Waals surface area contributed by atoms with E-state index < -0.39 is 11.5 Å². The number of amides is 1. The topological polar surface area (TPSA) is 116 Å². The van der Waals surface area contributed by atoms with Crippen LogP contribution in [0.25, 0.3) is 5.65 Å². The number of hydrogen-bond donors (Lipinski definition) is 4. The Balaban J connectivity index is 2.23. The molecule has 0 spiro atoms. The predicted molar refractivity (Wildman–Crippen MR) is 97.0 cm³/mol. The summed E-state index contributed by atoms with van der Waals surface area (Å²) in [6, 6.07) is 1.60. The van der Waals surface area contributed by atoms with Crippen molar-refractivity contribution in [3.8, 4) is 5.88 Å². The molecule has 2 heterocycles. The maximum absolute atomic E-state index is 12.9. The minimum atomic E-state index is -0.574. The first-order valence-corrected chi connectivity index (χ1v) is 9.09. The average Bonchev–Trinajstić information content (AvgIpc) is 3.24. The Kier molecular flexibility index (Phi) is 4.56. The highest BCUT2D eigenvalue weighted by Gasteiger charge is 2.35. The maximum atomic E-state index is 12.9. The molecule has 8 nitrogen and oxygen atoms in total. The zero-order valence-corrected chi connectivity index (χ0v) is 15.8. The van der Waals surface area contributed by atoms with Crippen LogP contribution in [0.5, 0.6) is 5.88 Å². The largest absolute Gasteiger partial charge is 0.477 e. The minimum Gasteiger partial charge on any atom is -0.477 e. The normalized spacial score (nSPS) is 16.0. The van der Waals surface area contributed by atoms with Gasteiger partial charge in [0.05, 0.1) is 18.3 Å². The van der Waals surface area contributed by atoms with Gasteiger partial charge in [-0.3, -0.25) is 4.79 Å². The Morgan fingerprint density at radius 1 is 1.50 bits per heavy atom. The predicted octanol–water partition coefficient (Wildman–Crippen LogP) is 0.969. The van der Waals surface area contributed by atoms with Gasteiger partial charge < -0.3 is 16.2 Å². The molecule has 8 heteroatoms. The summed E-state index contributed by atoms with van der Waals surface area (Å²) in [5, 5.41) is 16.6. The highest BCUT2D eigenvalue weighted by atomic mass is 16.3. The lowest BCUT2D eigenvalue weighted by Crippen LogP contribution is -2.47. The molecule has 1 saturated carbocycles. The molecule has 1 aliphatic rings. The van der Waals surface area contributed by atoms with Crippen LogP contribution < -0.4 is 21.2 Å². The van der Waals surface area contributed by atoms with Crippen molar-refractivity contribution in [1.29, 1.82) is 0 Å². The third kappa shape index (κ3) is 3.46. The molecular formula is C18H28N5O3+. The van der Waals surface area contributed by atoms with Crippen molar-refractivity contribution in [3.05, 3.63) is 27.7 Å². The van der Waals surface area contributed by atoms with Crippen molar-refractivity contribution in [3.63, 3.8) is 0 Å². The molecule has 0 aliphatic heterocycles. The molecule has 142 valence electrons. The second-order valence-corrected chi connectivity index (χ2v) is 8.32. The fourth-order valence-electron chi connectivity index (χ4n) is 2.95. The highest BCUT2D eigenvalue weighted by Crippen LogP contribution is 2.22. The van der Waals surface area contributed by atoms with Gasteiger partial charge in [-0.25, -0.2) is 9.89 Å². The maximum Gasteiger partial charge on any atom is 0.378 e. The van der Waals surface area contributed by atoms with Crippen molar-refractivity contribution >= 4 is 11.6 Å². The van der Waals surface area contributed by atoms with Crippen LogP contribution in [0.15, 0.2) is 10.9 Å². The number of carbonyl (C=O) groups is 1. The van der Waals surface area contributed by atoms with Crippen LogP contribution in [0, 0.1) is 5.41 Å². The van der Waals surface area contributed by atoms with Crippen LogP contribution in [0.4, 0.5) is 0 Å². The van der Waals surface area contributed by atoms with Crippen molar-refractivity contribution in [1.82, 2.24) is 14.9 Å². The first-order valence-electron chi connectivity index (χ1n) is 9.09. The molecule has 3 rings (SSSR count). The molecule has 2 aromatic rings. The quantitative estimate of drug-likeness (QED) is 0.593. The molecule has 5 N–H and O–H groups in total. The Morgan fingerprint density at radius 3 is 2.69 bits per heavy atom. The number of hydrogen-bond acceptors (Lipinski definition) is 4. The summed E-state index contributed by atoms with van der Waals surface area (Å²) in [7, 11) is 0. The molecule has 0 aromatic carbocycles. The number of carbonyl (C=O) groups excluding carboxylic acids is 1. The van der Waals surface area contributed by atoms with Crippen LogP contribution in [0.3, 0.4) is 0 Å². The van der Waals surface area contributed by atoms with E-state index in [4.69, 9.17) is 5.73 Å². The van der Waals surface area contributed by atoms with Gasteiger partial charge in [-0.15, -0.1) is 0 Å². The van der Waals surface area contributed by atoms with Crippen LogP contribution in [-0.4, -0.2) is 26.7 Å². The summed E-state index contributed by atoms with van der Waals surface area (Å²) in [5.74, 6) is -0.846. The molecule has 1 amide bonds. The van der Waals surface area contributed by atoms with Gasteiger partial charge >= 0.3 is 17.1 Å². The smallest absolute Gasteiger partial charge is 0.378 e. The first-order chi connectivity index (χ1) is 12.1. The third-order valence-corrected chi connectivity index (χ3v) is 4.54. The van der Waals surface area contributed by atoms with Gasteiger partial charge in [0.2, 0.25) is 5.56 Å². The average molecular weight is 362 g/mol. The fraction of sp³-hybridized carbons (Fsp3) is 0.611. The number of nitrogens with two attached hydrogens (primary N) is 1. The molecule has 0 radical (unpaired) electrons. The van der Waals surface area contributed by atoms with Gasteiger partial charge in [0.15, 0.2) is 0 Å². The number of rotatable bonds is 5. The Labute approximate surface area is 152 Å². The van der Waals surface area contributed by atoms with Crippen LogP contribution in [0.1, 0.15) is 69.1 Å². The van der Waals surface area contributed by atoms with Crippen molar-refractivity contribution in [2.24, 2.45) is 11.1 Å². The van der Waals surface area contributed by atoms with Crippen LogP contribution in [-0.2, 0) is 6.54 Å². The molecule has 1 atom stereocenters. The first kappa shape index (κ1) is 18.4. The van der Waals surface area contributed by atoms with Crippen molar-refractivity contribution in [2.75, 3.05) is 0 Å². The minimum absolute atomic E-state index is 0.0887. The van der Waals surface area contributed by atoms with E-state index in [9.17, 15) is 14.7 Å². The number of aromatic amines is 1. The summed E-state index contributed by atoms with van der Waals surface area (Å²) in [6.07, 6.45) is 2.49. The molecule has 2 aromatic heterocycles. The van der Waals surface area contributed by atoms with Gasteiger partial charge in [0.25, 0.3) is 5.91 Å². The van der Waals surface area contributed by atoms with Gasteiger partial charge in [0.1, 0.15) is 0 Å². The molecule has 1 fully saturated rings. The van der Waals surface area contributed by atoms with Gasteiger partial charge in [-0.05, 0) is 24.7 Å². The van der Waals surface area contributed by atoms with E-state index in [1.165, 1.54) is 4.52 Å². The number of H-pyrrole nitrogens is 1. The van der Waals surface area contributed by atoms with Gasteiger partial charge in [-0.1, -0.05) is 32.2 Å². The zero-order valence-electron chi connectivity index (χ0n) is 15.8. The summed E-state index contributed by atoms with van der Waals surface area (Å²) < 4.78 is 2.91. The number of nitrogens with one attached hydrogen (secondary N) is 2. The standard InChI is InChI=1S/C18H27N5O3/c1-5-11(19)12-8-13-22(9-18(2,3)4)16(25)14(17(26)23(13)21-12)15(24)20-10-6-7-10/h8,10-11H,5-7,9,19H2,1-4H3,(H2,20,24,25,26)/p+1. The van der Waals surface area contributed by atoms with Crippen molar-refractivity contribution in [2.45, 2.75) is 65.6 Å². The summed E-state index contributed by atoms with van der Waals surface area (Å²) >= 11 is 0.